The molecule has 2 aromatic rings. The molecule has 28 heavy (non-hydrogen) atoms. The maximum atomic E-state index is 12.5. The van der Waals surface area contributed by atoms with Crippen LogP contribution in [0.15, 0.2) is 48.5 Å². The molecular weight excluding hydrogens is 378 g/mol. The average molecular weight is 402 g/mol. The summed E-state index contributed by atoms with van der Waals surface area (Å²) in [5.74, 6) is -0.657. The van der Waals surface area contributed by atoms with Crippen LogP contribution in [-0.4, -0.2) is 54.7 Å². The van der Waals surface area contributed by atoms with Crippen molar-refractivity contribution in [1.29, 1.82) is 0 Å². The van der Waals surface area contributed by atoms with E-state index in [1.165, 1.54) is 4.90 Å². The number of benzene rings is 2. The van der Waals surface area contributed by atoms with Crippen molar-refractivity contribution < 1.29 is 14.4 Å². The second kappa shape index (κ2) is 9.90. The van der Waals surface area contributed by atoms with Crippen molar-refractivity contribution in [3.8, 4) is 0 Å². The number of nitrogens with zero attached hydrogens (tertiary/aromatic N) is 2. The van der Waals surface area contributed by atoms with E-state index < -0.39 is 0 Å². The highest BCUT2D eigenvalue weighted by molar-refractivity contribution is 6.33. The first-order valence-electron chi connectivity index (χ1n) is 8.94. The predicted molar refractivity (Wildman–Crippen MR) is 109 cm³/mol. The summed E-state index contributed by atoms with van der Waals surface area (Å²) in [5.41, 5.74) is 1.83. The van der Waals surface area contributed by atoms with Crippen molar-refractivity contribution in [3.05, 3.63) is 70.2 Å². The molecule has 0 radical (unpaired) electrons. The van der Waals surface area contributed by atoms with Gasteiger partial charge in [-0.15, -0.1) is 0 Å². The Labute approximate surface area is 170 Å². The molecule has 0 heterocycles. The van der Waals surface area contributed by atoms with Crippen molar-refractivity contribution >= 4 is 29.3 Å². The quantitative estimate of drug-likeness (QED) is 0.775. The van der Waals surface area contributed by atoms with Gasteiger partial charge < -0.3 is 15.1 Å². The van der Waals surface area contributed by atoms with Gasteiger partial charge in [-0.05, 0) is 36.8 Å². The Hall–Kier alpha value is -2.86. The van der Waals surface area contributed by atoms with Crippen LogP contribution in [0.1, 0.15) is 33.2 Å². The molecule has 2 aromatic carbocycles. The van der Waals surface area contributed by atoms with Gasteiger partial charge in [-0.25, -0.2) is 0 Å². The fourth-order valence-electron chi connectivity index (χ4n) is 2.62. The van der Waals surface area contributed by atoms with Gasteiger partial charge in [0.2, 0.25) is 5.91 Å². The minimum absolute atomic E-state index is 0.0720. The van der Waals surface area contributed by atoms with Crippen LogP contribution in [0.2, 0.25) is 5.02 Å². The van der Waals surface area contributed by atoms with Gasteiger partial charge in [0, 0.05) is 32.7 Å². The SMILES string of the molecule is CCN(Cc1ccc(C(=O)N(C)C)cc1)C(=O)CNC(=O)c1ccccc1Cl. The molecule has 148 valence electrons. The fourth-order valence-corrected chi connectivity index (χ4v) is 2.84. The van der Waals surface area contributed by atoms with Gasteiger partial charge in [0.15, 0.2) is 0 Å². The highest BCUT2D eigenvalue weighted by atomic mass is 35.5. The number of amides is 3. The Bertz CT molecular complexity index is 850. The Morgan fingerprint density at radius 3 is 2.21 bits per heavy atom. The zero-order valence-corrected chi connectivity index (χ0v) is 17.0. The van der Waals surface area contributed by atoms with Gasteiger partial charge >= 0.3 is 0 Å². The van der Waals surface area contributed by atoms with Crippen LogP contribution in [0.3, 0.4) is 0 Å². The molecular formula is C21H24ClN3O3. The molecule has 0 saturated heterocycles. The van der Waals surface area contributed by atoms with E-state index >= 15 is 0 Å². The minimum atomic E-state index is -0.387. The van der Waals surface area contributed by atoms with Crippen LogP contribution in [-0.2, 0) is 11.3 Å². The van der Waals surface area contributed by atoms with Gasteiger partial charge in [-0.1, -0.05) is 35.9 Å². The molecule has 0 spiro atoms. The van der Waals surface area contributed by atoms with Gasteiger partial charge in [0.1, 0.15) is 0 Å². The maximum absolute atomic E-state index is 12.5. The molecule has 0 aromatic heterocycles. The van der Waals surface area contributed by atoms with Crippen LogP contribution in [0.4, 0.5) is 0 Å². The van der Waals surface area contributed by atoms with Crippen molar-refractivity contribution in [2.75, 3.05) is 27.2 Å². The van der Waals surface area contributed by atoms with E-state index in [4.69, 9.17) is 11.6 Å². The van der Waals surface area contributed by atoms with Crippen molar-refractivity contribution in [2.45, 2.75) is 13.5 Å². The molecule has 0 aliphatic heterocycles. The summed E-state index contributed by atoms with van der Waals surface area (Å²) >= 11 is 6.00. The summed E-state index contributed by atoms with van der Waals surface area (Å²) in [5, 5.41) is 2.95. The van der Waals surface area contributed by atoms with E-state index in [1.807, 2.05) is 19.1 Å². The summed E-state index contributed by atoms with van der Waals surface area (Å²) in [4.78, 5) is 39.8. The van der Waals surface area contributed by atoms with E-state index in [2.05, 4.69) is 5.32 Å². The molecule has 0 unspecified atom stereocenters. The second-order valence-corrected chi connectivity index (χ2v) is 6.87. The molecule has 0 aliphatic carbocycles. The second-order valence-electron chi connectivity index (χ2n) is 6.47. The molecule has 0 atom stereocenters. The summed E-state index contributed by atoms with van der Waals surface area (Å²) in [6, 6.07) is 13.8. The van der Waals surface area contributed by atoms with E-state index in [-0.39, 0.29) is 24.3 Å². The van der Waals surface area contributed by atoms with Gasteiger partial charge in [0.25, 0.3) is 11.8 Å². The van der Waals surface area contributed by atoms with Crippen LogP contribution in [0.25, 0.3) is 0 Å². The number of carbonyl (C=O) groups excluding carboxylic acids is 3. The van der Waals surface area contributed by atoms with Gasteiger partial charge in [0.05, 0.1) is 17.1 Å². The standard InChI is InChI=1S/C21H24ClN3O3/c1-4-25(14-15-9-11-16(12-10-15)21(28)24(2)3)19(26)13-23-20(27)17-7-5-6-8-18(17)22/h5-12H,4,13-14H2,1-3H3,(H,23,27). The molecule has 0 saturated carbocycles. The van der Waals surface area contributed by atoms with Crippen LogP contribution < -0.4 is 5.32 Å². The van der Waals surface area contributed by atoms with Crippen LogP contribution >= 0.6 is 11.6 Å². The monoisotopic (exact) mass is 401 g/mol. The molecule has 7 heteroatoms. The topological polar surface area (TPSA) is 69.7 Å². The number of carbonyl (C=O) groups is 3. The van der Waals surface area contributed by atoms with Crippen molar-refractivity contribution in [3.63, 3.8) is 0 Å². The number of nitrogens with one attached hydrogen (secondary N) is 1. The molecule has 6 nitrogen and oxygen atoms in total. The van der Waals surface area contributed by atoms with Crippen molar-refractivity contribution in [2.24, 2.45) is 0 Å². The Morgan fingerprint density at radius 1 is 1.00 bits per heavy atom. The Kier molecular flexibility index (Phi) is 7.58. The number of hydrogen-bond donors (Lipinski definition) is 1. The first kappa shape index (κ1) is 21.4. The molecule has 0 bridgehead atoms. The van der Waals surface area contributed by atoms with Crippen LogP contribution in [0.5, 0.6) is 0 Å². The summed E-state index contributed by atoms with van der Waals surface area (Å²) in [7, 11) is 3.40. The third-order valence-electron chi connectivity index (χ3n) is 4.23. The summed E-state index contributed by atoms with van der Waals surface area (Å²) < 4.78 is 0. The van der Waals surface area contributed by atoms with E-state index in [0.717, 1.165) is 5.56 Å². The highest BCUT2D eigenvalue weighted by Gasteiger charge is 2.16. The smallest absolute Gasteiger partial charge is 0.253 e. The molecule has 0 aliphatic rings. The Morgan fingerprint density at radius 2 is 1.64 bits per heavy atom. The molecule has 2 rings (SSSR count). The van der Waals surface area contributed by atoms with Crippen molar-refractivity contribution in [1.82, 2.24) is 15.1 Å². The number of likely N-dealkylation sites (N-methyl/N-ethyl adjacent to an activating group) is 1. The fraction of sp³-hybridized carbons (Fsp3) is 0.286. The lowest BCUT2D eigenvalue weighted by Crippen LogP contribution is -2.39. The largest absolute Gasteiger partial charge is 0.345 e. The third kappa shape index (κ3) is 5.57. The van der Waals surface area contributed by atoms with Gasteiger partial charge in [-0.3, -0.25) is 14.4 Å². The zero-order valence-electron chi connectivity index (χ0n) is 16.2. The van der Waals surface area contributed by atoms with E-state index in [0.29, 0.717) is 29.2 Å². The molecule has 1 N–H and O–H groups in total. The molecule has 0 fully saturated rings. The lowest BCUT2D eigenvalue weighted by atomic mass is 10.1. The summed E-state index contributed by atoms with van der Waals surface area (Å²) in [6.45, 7) is 2.65. The first-order chi connectivity index (χ1) is 13.3. The average Bonchev–Trinajstić information content (AvgIpc) is 2.70. The number of rotatable bonds is 7. The number of halogens is 1. The van der Waals surface area contributed by atoms with E-state index in [9.17, 15) is 14.4 Å². The maximum Gasteiger partial charge on any atom is 0.253 e. The predicted octanol–water partition coefficient (Wildman–Crippen LogP) is 2.82. The highest BCUT2D eigenvalue weighted by Crippen LogP contribution is 2.14. The first-order valence-corrected chi connectivity index (χ1v) is 9.32. The lowest BCUT2D eigenvalue weighted by molar-refractivity contribution is -0.130. The number of hydrogen-bond acceptors (Lipinski definition) is 3. The normalized spacial score (nSPS) is 10.3. The van der Waals surface area contributed by atoms with E-state index in [1.54, 1.807) is 55.4 Å². The zero-order chi connectivity index (χ0) is 20.7. The lowest BCUT2D eigenvalue weighted by Gasteiger charge is -2.21. The summed E-state index contributed by atoms with van der Waals surface area (Å²) in [6.07, 6.45) is 0. The Balaban J connectivity index is 1.95. The minimum Gasteiger partial charge on any atom is -0.345 e. The van der Waals surface area contributed by atoms with Gasteiger partial charge in [-0.2, -0.15) is 0 Å². The van der Waals surface area contributed by atoms with Crippen LogP contribution in [0, 0.1) is 0 Å². The molecule has 3 amide bonds. The third-order valence-corrected chi connectivity index (χ3v) is 4.56.